The molecule has 4 rings (SSSR count). The number of rotatable bonds is 4. The Balaban J connectivity index is 1.53. The van der Waals surface area contributed by atoms with Gasteiger partial charge in [0.25, 0.3) is 0 Å². The number of hydrogen-bond donors (Lipinski definition) is 1. The number of fused-ring (bicyclic) bond motifs is 1. The largest absolute Gasteiger partial charge is 0.325 e. The SMILES string of the molecule is O=C(CC1CCCCC1)Nc1ccccc1-c1cn2ccsc2n1. The van der Waals surface area contributed by atoms with Gasteiger partial charge in [-0.1, -0.05) is 37.5 Å². The predicted molar refractivity (Wildman–Crippen MR) is 98.3 cm³/mol. The zero-order valence-corrected chi connectivity index (χ0v) is 14.4. The van der Waals surface area contributed by atoms with Crippen molar-refractivity contribution in [2.75, 3.05) is 5.32 Å². The van der Waals surface area contributed by atoms with Gasteiger partial charge in [0, 0.05) is 29.8 Å². The lowest BCUT2D eigenvalue weighted by atomic mass is 9.87. The van der Waals surface area contributed by atoms with E-state index in [4.69, 9.17) is 0 Å². The van der Waals surface area contributed by atoms with Gasteiger partial charge in [-0.05, 0) is 24.8 Å². The van der Waals surface area contributed by atoms with Crippen molar-refractivity contribution in [1.29, 1.82) is 0 Å². The third-order valence-electron chi connectivity index (χ3n) is 4.77. The van der Waals surface area contributed by atoms with Crippen molar-refractivity contribution in [2.24, 2.45) is 5.92 Å². The molecular formula is C19H21N3OS. The summed E-state index contributed by atoms with van der Waals surface area (Å²) in [6.07, 6.45) is 10.9. The first-order valence-corrected chi connectivity index (χ1v) is 9.49. The summed E-state index contributed by atoms with van der Waals surface area (Å²) in [5, 5.41) is 5.13. The number of hydrogen-bond acceptors (Lipinski definition) is 3. The van der Waals surface area contributed by atoms with Crippen LogP contribution in [-0.2, 0) is 4.79 Å². The molecule has 1 aliphatic carbocycles. The summed E-state index contributed by atoms with van der Waals surface area (Å²) in [6.45, 7) is 0. The molecule has 0 bridgehead atoms. The summed E-state index contributed by atoms with van der Waals surface area (Å²) >= 11 is 1.61. The van der Waals surface area contributed by atoms with E-state index in [2.05, 4.69) is 10.3 Å². The lowest BCUT2D eigenvalue weighted by Gasteiger charge is -2.21. The summed E-state index contributed by atoms with van der Waals surface area (Å²) in [5.41, 5.74) is 2.73. The Morgan fingerprint density at radius 3 is 2.92 bits per heavy atom. The molecule has 24 heavy (non-hydrogen) atoms. The van der Waals surface area contributed by atoms with Crippen LogP contribution in [0.4, 0.5) is 5.69 Å². The van der Waals surface area contributed by atoms with Crippen molar-refractivity contribution >= 4 is 27.9 Å². The molecule has 0 aliphatic heterocycles. The maximum absolute atomic E-state index is 12.5. The van der Waals surface area contributed by atoms with Gasteiger partial charge in [-0.25, -0.2) is 4.98 Å². The van der Waals surface area contributed by atoms with Gasteiger partial charge in [0.15, 0.2) is 4.96 Å². The summed E-state index contributed by atoms with van der Waals surface area (Å²) in [7, 11) is 0. The second kappa shape index (κ2) is 6.77. The van der Waals surface area contributed by atoms with Crippen LogP contribution in [0.3, 0.4) is 0 Å². The molecule has 0 saturated heterocycles. The van der Waals surface area contributed by atoms with E-state index >= 15 is 0 Å². The van der Waals surface area contributed by atoms with Crippen LogP contribution < -0.4 is 5.32 Å². The number of benzene rings is 1. The lowest BCUT2D eigenvalue weighted by Crippen LogP contribution is -2.18. The van der Waals surface area contributed by atoms with E-state index in [0.717, 1.165) is 21.9 Å². The summed E-state index contributed by atoms with van der Waals surface area (Å²) in [4.78, 5) is 18.1. The van der Waals surface area contributed by atoms with Crippen LogP contribution in [0.15, 0.2) is 42.0 Å². The van der Waals surface area contributed by atoms with Crippen molar-refractivity contribution in [3.63, 3.8) is 0 Å². The highest BCUT2D eigenvalue weighted by atomic mass is 32.1. The lowest BCUT2D eigenvalue weighted by molar-refractivity contribution is -0.117. The first-order valence-electron chi connectivity index (χ1n) is 8.61. The molecule has 0 atom stereocenters. The average Bonchev–Trinajstić information content (AvgIpc) is 3.18. The Kier molecular flexibility index (Phi) is 4.34. The summed E-state index contributed by atoms with van der Waals surface area (Å²) < 4.78 is 2.01. The highest BCUT2D eigenvalue weighted by Crippen LogP contribution is 2.30. The molecule has 0 unspecified atom stereocenters. The van der Waals surface area contributed by atoms with Crippen LogP contribution in [0.5, 0.6) is 0 Å². The van der Waals surface area contributed by atoms with Crippen LogP contribution in [0, 0.1) is 5.92 Å². The van der Waals surface area contributed by atoms with Crippen molar-refractivity contribution in [2.45, 2.75) is 38.5 Å². The maximum Gasteiger partial charge on any atom is 0.224 e. The summed E-state index contributed by atoms with van der Waals surface area (Å²) in [5.74, 6) is 0.666. The van der Waals surface area contributed by atoms with E-state index < -0.39 is 0 Å². The third-order valence-corrected chi connectivity index (χ3v) is 5.54. The van der Waals surface area contributed by atoms with Gasteiger partial charge in [0.05, 0.1) is 11.4 Å². The Hall–Kier alpha value is -2.14. The number of anilines is 1. The zero-order chi connectivity index (χ0) is 16.4. The van der Waals surface area contributed by atoms with Gasteiger partial charge >= 0.3 is 0 Å². The quantitative estimate of drug-likeness (QED) is 0.729. The number of thiazole rings is 1. The maximum atomic E-state index is 12.5. The van der Waals surface area contributed by atoms with E-state index in [9.17, 15) is 4.79 Å². The molecule has 2 aromatic heterocycles. The second-order valence-corrected chi connectivity index (χ2v) is 7.39. The van der Waals surface area contributed by atoms with Gasteiger partial charge in [-0.2, -0.15) is 0 Å². The molecule has 124 valence electrons. The second-order valence-electron chi connectivity index (χ2n) is 6.52. The average molecular weight is 339 g/mol. The van der Waals surface area contributed by atoms with Crippen LogP contribution in [0.1, 0.15) is 38.5 Å². The Labute approximate surface area is 145 Å². The van der Waals surface area contributed by atoms with Crippen molar-refractivity contribution in [3.8, 4) is 11.3 Å². The van der Waals surface area contributed by atoms with Crippen LogP contribution >= 0.6 is 11.3 Å². The highest BCUT2D eigenvalue weighted by molar-refractivity contribution is 7.15. The number of para-hydroxylation sites is 1. The standard InChI is InChI=1S/C19H21N3OS/c23-18(12-14-6-2-1-3-7-14)20-16-9-5-4-8-15(16)17-13-22-10-11-24-19(22)21-17/h4-5,8-11,13-14H,1-3,6-7,12H2,(H,20,23). The molecule has 0 spiro atoms. The highest BCUT2D eigenvalue weighted by Gasteiger charge is 2.18. The fraction of sp³-hybridized carbons (Fsp3) is 0.368. The monoisotopic (exact) mass is 339 g/mol. The van der Waals surface area contributed by atoms with Crippen LogP contribution in [0.25, 0.3) is 16.2 Å². The van der Waals surface area contributed by atoms with Crippen LogP contribution in [0.2, 0.25) is 0 Å². The van der Waals surface area contributed by atoms with Crippen LogP contribution in [-0.4, -0.2) is 15.3 Å². The number of carbonyl (C=O) groups excluding carboxylic acids is 1. The molecular weight excluding hydrogens is 318 g/mol. The Morgan fingerprint density at radius 2 is 2.08 bits per heavy atom. The van der Waals surface area contributed by atoms with E-state index in [1.807, 2.05) is 46.4 Å². The van der Waals surface area contributed by atoms with Crippen molar-refractivity contribution in [3.05, 3.63) is 42.0 Å². The first kappa shape index (κ1) is 15.4. The first-order chi connectivity index (χ1) is 11.8. The molecule has 0 radical (unpaired) electrons. The topological polar surface area (TPSA) is 46.4 Å². The van der Waals surface area contributed by atoms with Gasteiger partial charge in [0.1, 0.15) is 0 Å². The van der Waals surface area contributed by atoms with Gasteiger partial charge in [0.2, 0.25) is 5.91 Å². The molecule has 1 amide bonds. The van der Waals surface area contributed by atoms with E-state index in [0.29, 0.717) is 12.3 Å². The van der Waals surface area contributed by atoms with E-state index in [1.54, 1.807) is 11.3 Å². The molecule has 1 saturated carbocycles. The predicted octanol–water partition coefficient (Wildman–Crippen LogP) is 4.97. The number of imidazole rings is 1. The molecule has 1 N–H and O–H groups in total. The van der Waals surface area contributed by atoms with Gasteiger partial charge < -0.3 is 5.32 Å². The smallest absolute Gasteiger partial charge is 0.224 e. The minimum absolute atomic E-state index is 0.121. The molecule has 5 heteroatoms. The molecule has 1 fully saturated rings. The van der Waals surface area contributed by atoms with E-state index in [1.165, 1.54) is 32.1 Å². The number of carbonyl (C=O) groups is 1. The third kappa shape index (κ3) is 3.22. The number of amides is 1. The molecule has 3 aromatic rings. The number of nitrogens with zero attached hydrogens (tertiary/aromatic N) is 2. The Morgan fingerprint density at radius 1 is 1.25 bits per heavy atom. The molecule has 4 nitrogen and oxygen atoms in total. The molecule has 2 heterocycles. The van der Waals surface area contributed by atoms with Crippen molar-refractivity contribution in [1.82, 2.24) is 9.38 Å². The fourth-order valence-corrected chi connectivity index (χ4v) is 4.23. The zero-order valence-electron chi connectivity index (χ0n) is 13.6. The van der Waals surface area contributed by atoms with Crippen molar-refractivity contribution < 1.29 is 4.79 Å². The number of nitrogens with one attached hydrogen (secondary N) is 1. The molecule has 1 aromatic carbocycles. The number of aromatic nitrogens is 2. The Bertz CT molecular complexity index is 817. The minimum atomic E-state index is 0.121. The fourth-order valence-electron chi connectivity index (χ4n) is 3.53. The summed E-state index contributed by atoms with van der Waals surface area (Å²) in [6, 6.07) is 7.92. The van der Waals surface area contributed by atoms with Gasteiger partial charge in [-0.3, -0.25) is 9.20 Å². The normalized spacial score (nSPS) is 15.7. The minimum Gasteiger partial charge on any atom is -0.325 e. The molecule has 1 aliphatic rings. The van der Waals surface area contributed by atoms with Gasteiger partial charge in [-0.15, -0.1) is 11.3 Å². The van der Waals surface area contributed by atoms with E-state index in [-0.39, 0.29) is 5.91 Å².